The van der Waals surface area contributed by atoms with E-state index in [1.165, 1.54) is 11.3 Å². The summed E-state index contributed by atoms with van der Waals surface area (Å²) >= 11 is 1.53. The zero-order chi connectivity index (χ0) is 9.68. The van der Waals surface area contributed by atoms with Gasteiger partial charge in [0, 0.05) is 0 Å². The van der Waals surface area contributed by atoms with Crippen molar-refractivity contribution in [1.82, 2.24) is 5.32 Å². The summed E-state index contributed by atoms with van der Waals surface area (Å²) in [7, 11) is 0. The van der Waals surface area contributed by atoms with Crippen molar-refractivity contribution in [3.05, 3.63) is 17.5 Å². The molecule has 0 spiro atoms. The van der Waals surface area contributed by atoms with E-state index >= 15 is 0 Å². The van der Waals surface area contributed by atoms with Crippen LogP contribution in [0.1, 0.15) is 20.3 Å². The minimum absolute atomic E-state index is 0.175. The van der Waals surface area contributed by atoms with Crippen molar-refractivity contribution in [3.8, 4) is 5.06 Å². The average Bonchev–Trinajstić information content (AvgIpc) is 2.55. The molecule has 13 heavy (non-hydrogen) atoms. The molecule has 0 amide bonds. The first kappa shape index (κ1) is 10.5. The molecule has 3 nitrogen and oxygen atoms in total. The predicted octanol–water partition coefficient (Wildman–Crippen LogP) is 2.23. The first-order valence-corrected chi connectivity index (χ1v) is 5.22. The van der Waals surface area contributed by atoms with Gasteiger partial charge < -0.3 is 4.74 Å². The third-order valence-corrected chi connectivity index (χ3v) is 2.30. The lowest BCUT2D eigenvalue weighted by Gasteiger charge is -2.18. The van der Waals surface area contributed by atoms with E-state index in [0.29, 0.717) is 0 Å². The summed E-state index contributed by atoms with van der Waals surface area (Å²) in [6.45, 7) is 3.55. The van der Waals surface area contributed by atoms with Crippen LogP contribution < -0.4 is 10.1 Å². The Labute approximate surface area is 82.4 Å². The molecule has 2 atom stereocenters. The lowest BCUT2D eigenvalue weighted by molar-refractivity contribution is 0.0211. The lowest BCUT2D eigenvalue weighted by atomic mass is 10.4. The normalized spacial score (nSPS) is 15.3. The number of hydrogen-bond donors (Lipinski definition) is 1. The molecule has 2 unspecified atom stereocenters. The van der Waals surface area contributed by atoms with Crippen molar-refractivity contribution in [2.75, 3.05) is 0 Å². The molecular formula is C9H14NO2S. The summed E-state index contributed by atoms with van der Waals surface area (Å²) in [4.78, 5) is 0. The van der Waals surface area contributed by atoms with Gasteiger partial charge in [-0.2, -0.15) is 0 Å². The minimum Gasteiger partial charge on any atom is -0.466 e. The highest BCUT2D eigenvalue weighted by atomic mass is 32.1. The Kier molecular flexibility index (Phi) is 4.21. The number of ether oxygens (including phenoxy) is 1. The summed E-state index contributed by atoms with van der Waals surface area (Å²) in [5.74, 6) is 0. The van der Waals surface area contributed by atoms with E-state index in [9.17, 15) is 5.11 Å². The van der Waals surface area contributed by atoms with Gasteiger partial charge >= 0.3 is 0 Å². The zero-order valence-electron chi connectivity index (χ0n) is 7.82. The van der Waals surface area contributed by atoms with Crippen molar-refractivity contribution < 1.29 is 9.84 Å². The highest BCUT2D eigenvalue weighted by molar-refractivity contribution is 7.11. The maximum atomic E-state index is 10.8. The summed E-state index contributed by atoms with van der Waals surface area (Å²) in [6.07, 6.45) is -0.180. The maximum Gasteiger partial charge on any atom is 0.176 e. The molecule has 0 fully saturated rings. The third-order valence-electron chi connectivity index (χ3n) is 1.54. The van der Waals surface area contributed by atoms with Crippen molar-refractivity contribution in [2.24, 2.45) is 0 Å². The van der Waals surface area contributed by atoms with Crippen molar-refractivity contribution in [1.29, 1.82) is 0 Å². The van der Waals surface area contributed by atoms with Gasteiger partial charge in [0.2, 0.25) is 0 Å². The first-order valence-electron chi connectivity index (χ1n) is 4.34. The largest absolute Gasteiger partial charge is 0.466 e. The molecule has 0 aromatic carbocycles. The highest BCUT2D eigenvalue weighted by Crippen LogP contribution is 2.19. The van der Waals surface area contributed by atoms with Gasteiger partial charge in [0.1, 0.15) is 6.23 Å². The number of hydrogen-bond acceptors (Lipinski definition) is 3. The number of nitrogens with one attached hydrogen (secondary N) is 1. The van der Waals surface area contributed by atoms with Gasteiger partial charge in [0.25, 0.3) is 0 Å². The quantitative estimate of drug-likeness (QED) is 0.740. The molecule has 73 valence electrons. The Morgan fingerprint density at radius 1 is 1.69 bits per heavy atom. The highest BCUT2D eigenvalue weighted by Gasteiger charge is 2.10. The van der Waals surface area contributed by atoms with Crippen LogP contribution >= 0.6 is 11.3 Å². The van der Waals surface area contributed by atoms with E-state index in [1.807, 2.05) is 24.4 Å². The second kappa shape index (κ2) is 5.21. The molecule has 0 saturated heterocycles. The fraction of sp³-hybridized carbons (Fsp3) is 0.556. The van der Waals surface area contributed by atoms with Gasteiger partial charge in [-0.1, -0.05) is 6.92 Å². The Balaban J connectivity index is 2.40. The molecule has 0 aliphatic rings. The maximum absolute atomic E-state index is 10.8. The fourth-order valence-corrected chi connectivity index (χ4v) is 1.59. The van der Waals surface area contributed by atoms with Crippen LogP contribution in [0.5, 0.6) is 5.06 Å². The second-order valence-electron chi connectivity index (χ2n) is 2.76. The van der Waals surface area contributed by atoms with Gasteiger partial charge in [0.15, 0.2) is 11.3 Å². The zero-order valence-corrected chi connectivity index (χ0v) is 8.64. The van der Waals surface area contributed by atoms with E-state index in [1.54, 1.807) is 6.92 Å². The molecule has 0 aliphatic carbocycles. The Bertz CT molecular complexity index is 224. The van der Waals surface area contributed by atoms with Crippen LogP contribution in [0.25, 0.3) is 0 Å². The lowest BCUT2D eigenvalue weighted by Crippen LogP contribution is -2.39. The molecule has 1 rings (SSSR count). The summed E-state index contributed by atoms with van der Waals surface area (Å²) in [5, 5.41) is 16.4. The average molecular weight is 200 g/mol. The van der Waals surface area contributed by atoms with Crippen LogP contribution in [0.15, 0.2) is 17.5 Å². The molecule has 0 bridgehead atoms. The van der Waals surface area contributed by atoms with Crippen molar-refractivity contribution >= 4 is 11.3 Å². The molecular weight excluding hydrogens is 186 g/mol. The minimum atomic E-state index is -0.787. The van der Waals surface area contributed by atoms with Crippen LogP contribution in [0.2, 0.25) is 0 Å². The molecule has 1 N–H and O–H groups in total. The van der Waals surface area contributed by atoms with Gasteiger partial charge in [-0.25, -0.2) is 5.11 Å². The topological polar surface area (TPSA) is 41.2 Å². The standard InChI is InChI=1S/C9H14NO2S/c1-3-8(10-7(2)11)12-9-5-4-6-13-9/h4-8,10H,3H2,1-2H3. The smallest absolute Gasteiger partial charge is 0.176 e. The van der Waals surface area contributed by atoms with Crippen LogP contribution in [0.4, 0.5) is 0 Å². The second-order valence-corrected chi connectivity index (χ2v) is 3.67. The van der Waals surface area contributed by atoms with E-state index in [-0.39, 0.29) is 6.23 Å². The Morgan fingerprint density at radius 2 is 2.46 bits per heavy atom. The van der Waals surface area contributed by atoms with Gasteiger partial charge in [0.05, 0.1) is 0 Å². The van der Waals surface area contributed by atoms with E-state index in [4.69, 9.17) is 4.74 Å². The third kappa shape index (κ3) is 3.76. The molecule has 1 aromatic rings. The number of rotatable bonds is 5. The molecule has 1 heterocycles. The van der Waals surface area contributed by atoms with Gasteiger partial charge in [-0.3, -0.25) is 5.32 Å². The predicted molar refractivity (Wildman–Crippen MR) is 52.3 cm³/mol. The Hall–Kier alpha value is -0.580. The Morgan fingerprint density at radius 3 is 2.92 bits per heavy atom. The molecule has 1 radical (unpaired) electrons. The first-order chi connectivity index (χ1) is 6.22. The van der Waals surface area contributed by atoms with E-state index in [0.717, 1.165) is 11.5 Å². The number of thiophene rings is 1. The monoisotopic (exact) mass is 200 g/mol. The van der Waals surface area contributed by atoms with Crippen LogP contribution in [0.3, 0.4) is 0 Å². The van der Waals surface area contributed by atoms with Crippen LogP contribution in [0, 0.1) is 0 Å². The van der Waals surface area contributed by atoms with E-state index < -0.39 is 6.23 Å². The van der Waals surface area contributed by atoms with Crippen LogP contribution in [-0.4, -0.2) is 12.5 Å². The summed E-state index contributed by atoms with van der Waals surface area (Å²) in [5.41, 5.74) is 0. The van der Waals surface area contributed by atoms with Gasteiger partial charge in [-0.05, 0) is 30.9 Å². The van der Waals surface area contributed by atoms with Crippen molar-refractivity contribution in [2.45, 2.75) is 32.7 Å². The fourth-order valence-electron chi connectivity index (χ4n) is 0.968. The molecule has 4 heteroatoms. The summed E-state index contributed by atoms with van der Waals surface area (Å²) < 4.78 is 5.52. The van der Waals surface area contributed by atoms with Crippen LogP contribution in [-0.2, 0) is 5.11 Å². The molecule has 0 saturated carbocycles. The summed E-state index contributed by atoms with van der Waals surface area (Å²) in [6, 6.07) is 3.82. The van der Waals surface area contributed by atoms with Gasteiger partial charge in [-0.15, -0.1) is 11.3 Å². The SMILES string of the molecule is CCC(NC(C)[O])Oc1cccs1. The molecule has 1 aromatic heterocycles. The van der Waals surface area contributed by atoms with Crippen molar-refractivity contribution in [3.63, 3.8) is 0 Å². The molecule has 0 aliphatic heterocycles. The van der Waals surface area contributed by atoms with E-state index in [2.05, 4.69) is 5.32 Å².